The maximum atomic E-state index is 12.4. The van der Waals surface area contributed by atoms with Crippen molar-refractivity contribution in [2.24, 2.45) is 0 Å². The van der Waals surface area contributed by atoms with Gasteiger partial charge >= 0.3 is 6.09 Å². The summed E-state index contributed by atoms with van der Waals surface area (Å²) in [5.74, 6) is 0.384. The van der Waals surface area contributed by atoms with Crippen molar-refractivity contribution in [2.75, 3.05) is 5.32 Å². The van der Waals surface area contributed by atoms with Crippen LogP contribution < -0.4 is 10.1 Å². The maximum absolute atomic E-state index is 12.4. The average molecular weight is 372 g/mol. The van der Waals surface area contributed by atoms with Gasteiger partial charge in [0.25, 0.3) is 0 Å². The van der Waals surface area contributed by atoms with Gasteiger partial charge in [-0.05, 0) is 60.9 Å². The second-order valence-corrected chi connectivity index (χ2v) is 6.52. The van der Waals surface area contributed by atoms with E-state index >= 15 is 0 Å². The van der Waals surface area contributed by atoms with Crippen LogP contribution in [0.5, 0.6) is 5.75 Å². The molecule has 0 radical (unpaired) electrons. The van der Waals surface area contributed by atoms with Crippen LogP contribution in [0.15, 0.2) is 66.7 Å². The Labute approximate surface area is 162 Å². The van der Waals surface area contributed by atoms with Gasteiger partial charge in [0.05, 0.1) is 0 Å². The van der Waals surface area contributed by atoms with E-state index in [1.54, 1.807) is 6.07 Å². The highest BCUT2D eigenvalue weighted by Gasteiger charge is 2.14. The molecule has 1 aromatic heterocycles. The number of fused-ring (bicyclic) bond motifs is 1. The molecule has 4 rings (SSSR count). The van der Waals surface area contributed by atoms with E-state index in [1.165, 1.54) is 4.80 Å². The van der Waals surface area contributed by atoms with E-state index in [-0.39, 0.29) is 0 Å². The molecule has 1 amide bonds. The molecule has 0 aliphatic carbocycles. The highest BCUT2D eigenvalue weighted by molar-refractivity contribution is 5.87. The van der Waals surface area contributed by atoms with E-state index in [2.05, 4.69) is 22.4 Å². The highest BCUT2D eigenvalue weighted by Crippen LogP contribution is 2.25. The number of carbonyl (C=O) groups is 1. The molecular weight excluding hydrogens is 352 g/mol. The lowest BCUT2D eigenvalue weighted by Gasteiger charge is -2.11. The lowest BCUT2D eigenvalue weighted by molar-refractivity contribution is 0.215. The first-order valence-corrected chi connectivity index (χ1v) is 9.13. The Bertz CT molecular complexity index is 1120. The summed E-state index contributed by atoms with van der Waals surface area (Å²) in [4.78, 5) is 13.9. The molecule has 6 nitrogen and oxygen atoms in total. The zero-order valence-corrected chi connectivity index (χ0v) is 15.7. The Hall–Kier alpha value is -3.67. The number of benzene rings is 3. The van der Waals surface area contributed by atoms with Crippen molar-refractivity contribution in [3.63, 3.8) is 0 Å². The van der Waals surface area contributed by atoms with E-state index in [4.69, 9.17) is 4.74 Å². The number of carbonyl (C=O) groups excluding carboxylic acids is 1. The quantitative estimate of drug-likeness (QED) is 0.553. The highest BCUT2D eigenvalue weighted by atomic mass is 16.6. The summed E-state index contributed by atoms with van der Waals surface area (Å²) < 4.78 is 5.58. The molecule has 140 valence electrons. The molecule has 3 aromatic carbocycles. The molecule has 28 heavy (non-hydrogen) atoms. The third-order valence-corrected chi connectivity index (χ3v) is 4.40. The summed E-state index contributed by atoms with van der Waals surface area (Å²) in [6.45, 7) is 4.03. The van der Waals surface area contributed by atoms with E-state index in [0.29, 0.717) is 17.1 Å². The number of hydrogen-bond donors (Lipinski definition) is 1. The number of ether oxygens (including phenoxy) is 1. The van der Waals surface area contributed by atoms with Crippen LogP contribution in [0.4, 0.5) is 10.5 Å². The number of anilines is 1. The zero-order chi connectivity index (χ0) is 19.5. The number of nitrogens with one attached hydrogen (secondary N) is 1. The third kappa shape index (κ3) is 3.71. The summed E-state index contributed by atoms with van der Waals surface area (Å²) in [5, 5.41) is 11.8. The molecule has 0 fully saturated rings. The Morgan fingerprint density at radius 3 is 2.46 bits per heavy atom. The SMILES string of the molecule is CCc1cccc(NC(=O)Oc2ccc(C)cc2-n2nc3ccccc3n2)c1. The average Bonchev–Trinajstić information content (AvgIpc) is 3.13. The van der Waals surface area contributed by atoms with Gasteiger partial charge in [-0.3, -0.25) is 5.32 Å². The predicted octanol–water partition coefficient (Wildman–Crippen LogP) is 4.90. The predicted molar refractivity (Wildman–Crippen MR) is 109 cm³/mol. The van der Waals surface area contributed by atoms with Crippen LogP contribution in [0, 0.1) is 6.92 Å². The van der Waals surface area contributed by atoms with Crippen LogP contribution in [0.3, 0.4) is 0 Å². The summed E-state index contributed by atoms with van der Waals surface area (Å²) in [5.41, 5.74) is 5.00. The van der Waals surface area contributed by atoms with Crippen LogP contribution in [-0.4, -0.2) is 21.1 Å². The normalized spacial score (nSPS) is 10.8. The largest absolute Gasteiger partial charge is 0.417 e. The molecule has 0 saturated heterocycles. The molecule has 0 aliphatic heterocycles. The van der Waals surface area contributed by atoms with Crippen LogP contribution >= 0.6 is 0 Å². The first kappa shape index (κ1) is 17.7. The van der Waals surface area contributed by atoms with Crippen molar-refractivity contribution in [3.8, 4) is 11.4 Å². The van der Waals surface area contributed by atoms with E-state index in [1.807, 2.05) is 67.6 Å². The Morgan fingerprint density at radius 2 is 1.75 bits per heavy atom. The molecule has 0 unspecified atom stereocenters. The number of aryl methyl sites for hydroxylation is 2. The number of rotatable bonds is 4. The molecule has 0 bridgehead atoms. The van der Waals surface area contributed by atoms with Crippen molar-refractivity contribution >= 4 is 22.8 Å². The van der Waals surface area contributed by atoms with Gasteiger partial charge in [-0.1, -0.05) is 37.3 Å². The fraction of sp³-hybridized carbons (Fsp3) is 0.136. The number of amides is 1. The second kappa shape index (κ2) is 7.52. The van der Waals surface area contributed by atoms with Crippen LogP contribution in [0.2, 0.25) is 0 Å². The van der Waals surface area contributed by atoms with Gasteiger partial charge in [-0.2, -0.15) is 0 Å². The van der Waals surface area contributed by atoms with Crippen LogP contribution in [0.1, 0.15) is 18.1 Å². The van der Waals surface area contributed by atoms with Crippen LogP contribution in [0.25, 0.3) is 16.7 Å². The third-order valence-electron chi connectivity index (χ3n) is 4.40. The molecule has 1 heterocycles. The van der Waals surface area contributed by atoms with Crippen molar-refractivity contribution in [3.05, 3.63) is 77.9 Å². The molecule has 6 heteroatoms. The minimum Gasteiger partial charge on any atom is -0.408 e. The van der Waals surface area contributed by atoms with Gasteiger partial charge in [0.1, 0.15) is 16.7 Å². The standard InChI is InChI=1S/C22H20N4O2/c1-3-16-7-6-8-17(14-16)23-22(27)28-21-12-11-15(2)13-20(21)26-24-18-9-4-5-10-19(18)25-26/h4-14H,3H2,1-2H3,(H,23,27). The van der Waals surface area contributed by atoms with E-state index in [0.717, 1.165) is 28.6 Å². The van der Waals surface area contributed by atoms with Gasteiger partial charge in [-0.25, -0.2) is 4.79 Å². The smallest absolute Gasteiger partial charge is 0.408 e. The van der Waals surface area contributed by atoms with Gasteiger partial charge in [0.15, 0.2) is 5.75 Å². The Morgan fingerprint density at radius 1 is 1.00 bits per heavy atom. The van der Waals surface area contributed by atoms with Crippen molar-refractivity contribution in [2.45, 2.75) is 20.3 Å². The number of nitrogens with zero attached hydrogens (tertiary/aromatic N) is 3. The first-order chi connectivity index (χ1) is 13.6. The maximum Gasteiger partial charge on any atom is 0.417 e. The summed E-state index contributed by atoms with van der Waals surface area (Å²) >= 11 is 0. The molecule has 0 atom stereocenters. The summed E-state index contributed by atoms with van der Waals surface area (Å²) in [6.07, 6.45) is 0.334. The van der Waals surface area contributed by atoms with Crippen molar-refractivity contribution < 1.29 is 9.53 Å². The number of aromatic nitrogens is 3. The molecule has 0 aliphatic rings. The van der Waals surface area contributed by atoms with E-state index in [9.17, 15) is 4.79 Å². The second-order valence-electron chi connectivity index (χ2n) is 6.52. The monoisotopic (exact) mass is 372 g/mol. The number of hydrogen-bond acceptors (Lipinski definition) is 4. The fourth-order valence-electron chi connectivity index (χ4n) is 2.95. The Kier molecular flexibility index (Phi) is 4.76. The topological polar surface area (TPSA) is 69.0 Å². The molecule has 1 N–H and O–H groups in total. The fourth-order valence-corrected chi connectivity index (χ4v) is 2.95. The van der Waals surface area contributed by atoms with Crippen molar-refractivity contribution in [1.29, 1.82) is 0 Å². The van der Waals surface area contributed by atoms with Gasteiger partial charge < -0.3 is 4.74 Å². The molecular formula is C22H20N4O2. The first-order valence-electron chi connectivity index (χ1n) is 9.13. The van der Waals surface area contributed by atoms with Crippen LogP contribution in [-0.2, 0) is 6.42 Å². The summed E-state index contributed by atoms with van der Waals surface area (Å²) in [7, 11) is 0. The van der Waals surface area contributed by atoms with Gasteiger partial charge in [-0.15, -0.1) is 15.0 Å². The lowest BCUT2D eigenvalue weighted by atomic mass is 10.1. The van der Waals surface area contributed by atoms with E-state index < -0.39 is 6.09 Å². The Balaban J connectivity index is 1.61. The molecule has 0 spiro atoms. The lowest BCUT2D eigenvalue weighted by Crippen LogP contribution is -2.18. The molecule has 0 saturated carbocycles. The van der Waals surface area contributed by atoms with Crippen molar-refractivity contribution in [1.82, 2.24) is 15.0 Å². The molecule has 4 aromatic rings. The summed E-state index contributed by atoms with van der Waals surface area (Å²) in [6, 6.07) is 20.8. The minimum atomic E-state index is -0.560. The minimum absolute atomic E-state index is 0.384. The zero-order valence-electron chi connectivity index (χ0n) is 15.7. The van der Waals surface area contributed by atoms with Gasteiger partial charge in [0, 0.05) is 5.69 Å². The van der Waals surface area contributed by atoms with Gasteiger partial charge in [0.2, 0.25) is 0 Å².